The second-order valence-corrected chi connectivity index (χ2v) is 5.88. The maximum absolute atomic E-state index is 12.3. The smallest absolute Gasteiger partial charge is 0.313 e. The van der Waals surface area contributed by atoms with Crippen LogP contribution in [0.4, 0.5) is 0 Å². The minimum atomic E-state index is -0.468. The summed E-state index contributed by atoms with van der Waals surface area (Å²) in [4.78, 5) is 12.3. The lowest BCUT2D eigenvalue weighted by Crippen LogP contribution is -2.39. The molecule has 1 aliphatic carbocycles. The van der Waals surface area contributed by atoms with Crippen LogP contribution in [-0.4, -0.2) is 32.1 Å². The van der Waals surface area contributed by atoms with Crippen LogP contribution in [-0.2, 0) is 19.0 Å². The van der Waals surface area contributed by atoms with Crippen molar-refractivity contribution in [3.63, 3.8) is 0 Å². The first kappa shape index (κ1) is 14.5. The average molecular weight is 290 g/mol. The molecule has 2 atom stereocenters. The Bertz CT molecular complexity index is 479. The summed E-state index contributed by atoms with van der Waals surface area (Å²) in [6, 6.07) is 9.89. The minimum Gasteiger partial charge on any atom is -0.469 e. The molecule has 1 aromatic carbocycles. The Balaban J connectivity index is 1.84. The van der Waals surface area contributed by atoms with Crippen LogP contribution in [0.25, 0.3) is 0 Å². The molecule has 1 spiro atoms. The number of hydrogen-bond donors (Lipinski definition) is 0. The minimum absolute atomic E-state index is 0.166. The highest BCUT2D eigenvalue weighted by Crippen LogP contribution is 2.44. The van der Waals surface area contributed by atoms with Crippen molar-refractivity contribution in [2.24, 2.45) is 5.92 Å². The SMILES string of the molecule is COC(=O)C(c1ccccc1)[C@@H]1CCCC2(C1)OCCO2. The molecule has 0 radical (unpaired) electrons. The van der Waals surface area contributed by atoms with Crippen molar-refractivity contribution in [2.75, 3.05) is 20.3 Å². The maximum atomic E-state index is 12.3. The van der Waals surface area contributed by atoms with E-state index >= 15 is 0 Å². The first-order valence-electron chi connectivity index (χ1n) is 7.65. The Morgan fingerprint density at radius 3 is 2.67 bits per heavy atom. The monoisotopic (exact) mass is 290 g/mol. The van der Waals surface area contributed by atoms with Gasteiger partial charge in [0.15, 0.2) is 5.79 Å². The number of carbonyl (C=O) groups excluding carboxylic acids is 1. The molecular weight excluding hydrogens is 268 g/mol. The number of rotatable bonds is 3. The van der Waals surface area contributed by atoms with Crippen molar-refractivity contribution in [1.29, 1.82) is 0 Å². The Kier molecular flexibility index (Phi) is 4.27. The van der Waals surface area contributed by atoms with Crippen LogP contribution in [0.15, 0.2) is 30.3 Å². The van der Waals surface area contributed by atoms with E-state index in [1.54, 1.807) is 0 Å². The first-order chi connectivity index (χ1) is 10.2. The Morgan fingerprint density at radius 1 is 1.29 bits per heavy atom. The van der Waals surface area contributed by atoms with Crippen molar-refractivity contribution in [3.05, 3.63) is 35.9 Å². The number of hydrogen-bond acceptors (Lipinski definition) is 4. The van der Waals surface area contributed by atoms with Gasteiger partial charge in [0.25, 0.3) is 0 Å². The Hall–Kier alpha value is -1.39. The van der Waals surface area contributed by atoms with Crippen LogP contribution in [0.5, 0.6) is 0 Å². The summed E-state index contributed by atoms with van der Waals surface area (Å²) in [6.45, 7) is 1.31. The molecule has 21 heavy (non-hydrogen) atoms. The molecule has 0 aromatic heterocycles. The van der Waals surface area contributed by atoms with E-state index in [2.05, 4.69) is 0 Å². The largest absolute Gasteiger partial charge is 0.469 e. The van der Waals surface area contributed by atoms with Crippen molar-refractivity contribution < 1.29 is 19.0 Å². The third-order valence-electron chi connectivity index (χ3n) is 4.60. The van der Waals surface area contributed by atoms with Gasteiger partial charge in [-0.1, -0.05) is 30.3 Å². The van der Waals surface area contributed by atoms with E-state index in [0.29, 0.717) is 13.2 Å². The lowest BCUT2D eigenvalue weighted by atomic mass is 9.74. The molecule has 2 aliphatic rings. The Morgan fingerprint density at radius 2 is 2.00 bits per heavy atom. The highest BCUT2D eigenvalue weighted by atomic mass is 16.7. The molecule has 1 aliphatic heterocycles. The topological polar surface area (TPSA) is 44.8 Å². The highest BCUT2D eigenvalue weighted by molar-refractivity contribution is 5.78. The van der Waals surface area contributed by atoms with Crippen LogP contribution in [0, 0.1) is 5.92 Å². The summed E-state index contributed by atoms with van der Waals surface area (Å²) in [5.74, 6) is -0.668. The summed E-state index contributed by atoms with van der Waals surface area (Å²) in [5.41, 5.74) is 1.02. The van der Waals surface area contributed by atoms with E-state index in [0.717, 1.165) is 31.2 Å². The molecule has 1 unspecified atom stereocenters. The summed E-state index contributed by atoms with van der Waals surface area (Å²) in [5, 5.41) is 0. The van der Waals surface area contributed by atoms with Crippen molar-refractivity contribution in [3.8, 4) is 0 Å². The fourth-order valence-corrected chi connectivity index (χ4v) is 3.67. The third kappa shape index (κ3) is 2.97. The predicted molar refractivity (Wildman–Crippen MR) is 77.8 cm³/mol. The number of methoxy groups -OCH3 is 1. The fraction of sp³-hybridized carbons (Fsp3) is 0.588. The lowest BCUT2D eigenvalue weighted by Gasteiger charge is -2.38. The quantitative estimate of drug-likeness (QED) is 0.803. The number of esters is 1. The van der Waals surface area contributed by atoms with Gasteiger partial charge in [0.2, 0.25) is 0 Å². The predicted octanol–water partition coefficient (Wildman–Crippen LogP) is 2.88. The normalized spacial score (nSPS) is 25.7. The van der Waals surface area contributed by atoms with Gasteiger partial charge in [0.05, 0.1) is 26.2 Å². The van der Waals surface area contributed by atoms with Crippen LogP contribution >= 0.6 is 0 Å². The zero-order valence-electron chi connectivity index (χ0n) is 12.4. The molecule has 2 fully saturated rings. The molecular formula is C17H22O4. The van der Waals surface area contributed by atoms with Gasteiger partial charge >= 0.3 is 5.97 Å². The molecule has 114 valence electrons. The van der Waals surface area contributed by atoms with Crippen LogP contribution in [0.1, 0.15) is 37.2 Å². The van der Waals surface area contributed by atoms with Crippen LogP contribution < -0.4 is 0 Å². The number of ether oxygens (including phenoxy) is 3. The van der Waals surface area contributed by atoms with Gasteiger partial charge < -0.3 is 14.2 Å². The van der Waals surface area contributed by atoms with Crippen molar-refractivity contribution in [1.82, 2.24) is 0 Å². The molecule has 4 nitrogen and oxygen atoms in total. The third-order valence-corrected chi connectivity index (χ3v) is 4.60. The number of carbonyl (C=O) groups is 1. The molecule has 0 bridgehead atoms. The molecule has 0 amide bonds. The van der Waals surface area contributed by atoms with E-state index in [1.165, 1.54) is 7.11 Å². The van der Waals surface area contributed by atoms with Crippen LogP contribution in [0.3, 0.4) is 0 Å². The summed E-state index contributed by atoms with van der Waals surface area (Å²) in [7, 11) is 1.46. The van der Waals surface area contributed by atoms with Gasteiger partial charge in [-0.25, -0.2) is 0 Å². The highest BCUT2D eigenvalue weighted by Gasteiger charge is 2.45. The van der Waals surface area contributed by atoms with Gasteiger partial charge in [-0.15, -0.1) is 0 Å². The molecule has 3 rings (SSSR count). The van der Waals surface area contributed by atoms with Gasteiger partial charge in [-0.05, 0) is 24.3 Å². The molecule has 1 saturated carbocycles. The number of benzene rings is 1. The second-order valence-electron chi connectivity index (χ2n) is 5.88. The molecule has 0 N–H and O–H groups in total. The van der Waals surface area contributed by atoms with E-state index in [9.17, 15) is 4.79 Å². The van der Waals surface area contributed by atoms with E-state index in [-0.39, 0.29) is 17.8 Å². The van der Waals surface area contributed by atoms with Gasteiger partial charge in [0.1, 0.15) is 0 Å². The second kappa shape index (κ2) is 6.16. The van der Waals surface area contributed by atoms with Gasteiger partial charge in [-0.2, -0.15) is 0 Å². The zero-order chi connectivity index (χ0) is 14.7. The Labute approximate surface area is 125 Å². The molecule has 1 heterocycles. The van der Waals surface area contributed by atoms with Crippen LogP contribution in [0.2, 0.25) is 0 Å². The average Bonchev–Trinajstić information content (AvgIpc) is 2.96. The zero-order valence-corrected chi connectivity index (χ0v) is 12.4. The van der Waals surface area contributed by atoms with Crippen molar-refractivity contribution in [2.45, 2.75) is 37.4 Å². The first-order valence-corrected chi connectivity index (χ1v) is 7.65. The fourth-order valence-electron chi connectivity index (χ4n) is 3.67. The van der Waals surface area contributed by atoms with E-state index in [4.69, 9.17) is 14.2 Å². The summed E-state index contributed by atoms with van der Waals surface area (Å²) in [6.07, 6.45) is 3.71. The van der Waals surface area contributed by atoms with Crippen molar-refractivity contribution >= 4 is 5.97 Å². The molecule has 1 aromatic rings. The van der Waals surface area contributed by atoms with Gasteiger partial charge in [-0.3, -0.25) is 4.79 Å². The molecule has 4 heteroatoms. The summed E-state index contributed by atoms with van der Waals surface area (Å²) < 4.78 is 16.7. The van der Waals surface area contributed by atoms with E-state index < -0.39 is 5.79 Å². The maximum Gasteiger partial charge on any atom is 0.313 e. The standard InChI is InChI=1S/C17H22O4/c1-19-16(18)15(13-6-3-2-4-7-13)14-8-5-9-17(12-14)20-10-11-21-17/h2-4,6-7,14-15H,5,8-12H2,1H3/t14-,15?/m1/s1. The van der Waals surface area contributed by atoms with Gasteiger partial charge in [0, 0.05) is 12.8 Å². The lowest BCUT2D eigenvalue weighted by molar-refractivity contribution is -0.190. The van der Waals surface area contributed by atoms with E-state index in [1.807, 2.05) is 30.3 Å². The summed E-state index contributed by atoms with van der Waals surface area (Å²) >= 11 is 0. The molecule has 1 saturated heterocycles.